The van der Waals surface area contributed by atoms with Crippen LogP contribution < -0.4 is 5.84 Å². The molecule has 0 aromatic heterocycles. The highest BCUT2D eigenvalue weighted by Crippen LogP contribution is 1.81. The van der Waals surface area contributed by atoms with Crippen molar-refractivity contribution in [2.24, 2.45) is 5.84 Å². The third-order valence-corrected chi connectivity index (χ3v) is 0.827. The molecular weight excluding hydrogens is 124 g/mol. The van der Waals surface area contributed by atoms with E-state index in [-0.39, 0.29) is 0 Å². The second-order valence-electron chi connectivity index (χ2n) is 1.59. The molecule has 0 aromatic carbocycles. The van der Waals surface area contributed by atoms with Crippen LogP contribution in [0.3, 0.4) is 0 Å². The molecule has 0 amide bonds. The van der Waals surface area contributed by atoms with Crippen molar-refractivity contribution in [2.75, 3.05) is 0 Å². The highest BCUT2D eigenvalue weighted by Gasteiger charge is 1.73. The van der Waals surface area contributed by atoms with Crippen molar-refractivity contribution in [1.82, 2.24) is 5.01 Å². The van der Waals surface area contributed by atoms with Crippen LogP contribution in [-0.4, -0.2) is 5.01 Å². The van der Waals surface area contributed by atoms with Gasteiger partial charge in [-0.05, 0) is 6.08 Å². The topological polar surface area (TPSA) is 29.3 Å². The normalized spacial score (nSPS) is 10.5. The van der Waals surface area contributed by atoms with E-state index in [0.29, 0.717) is 0 Å². The molecule has 0 bridgehead atoms. The fraction of sp³-hybridized carbons (Fsp3) is 0. The fourth-order valence-corrected chi connectivity index (χ4v) is 0.353. The molecule has 2 N–H and O–H groups in total. The van der Waals surface area contributed by atoms with Gasteiger partial charge in [0.05, 0.1) is 0 Å². The van der Waals surface area contributed by atoms with Crippen molar-refractivity contribution < 1.29 is 0 Å². The summed E-state index contributed by atoms with van der Waals surface area (Å²) in [6.07, 6.45) is 10.3. The van der Waals surface area contributed by atoms with E-state index in [9.17, 15) is 0 Å². The molecule has 2 heteroatoms. The van der Waals surface area contributed by atoms with Crippen molar-refractivity contribution >= 4 is 0 Å². The SMILES string of the molecule is C=C/C=C\C=C/N(N)C=C. The Balaban J connectivity index is 3.64. The largest absolute Gasteiger partial charge is 0.295 e. The van der Waals surface area contributed by atoms with Crippen LogP contribution in [0.25, 0.3) is 0 Å². The van der Waals surface area contributed by atoms with Gasteiger partial charge >= 0.3 is 0 Å². The van der Waals surface area contributed by atoms with Crippen molar-refractivity contribution in [3.63, 3.8) is 0 Å². The first-order valence-electron chi connectivity index (χ1n) is 2.92. The average Bonchev–Trinajstić information content (AvgIpc) is 1.98. The molecule has 10 heavy (non-hydrogen) atoms. The predicted octanol–water partition coefficient (Wildman–Crippen LogP) is 1.56. The van der Waals surface area contributed by atoms with Gasteiger partial charge in [-0.15, -0.1) is 0 Å². The zero-order valence-electron chi connectivity index (χ0n) is 5.90. The minimum absolute atomic E-state index is 1.37. The Labute approximate surface area is 61.6 Å². The van der Waals surface area contributed by atoms with Gasteiger partial charge in [0.2, 0.25) is 0 Å². The third kappa shape index (κ3) is 4.87. The summed E-state index contributed by atoms with van der Waals surface area (Å²) in [5.74, 6) is 5.32. The number of nitrogens with two attached hydrogens (primary N) is 1. The van der Waals surface area contributed by atoms with Crippen LogP contribution in [0.2, 0.25) is 0 Å². The molecule has 2 nitrogen and oxygen atoms in total. The smallest absolute Gasteiger partial charge is 0.0206 e. The third-order valence-electron chi connectivity index (χ3n) is 0.827. The average molecular weight is 136 g/mol. The summed E-state index contributed by atoms with van der Waals surface area (Å²) >= 11 is 0. The number of hydrogen-bond acceptors (Lipinski definition) is 2. The summed E-state index contributed by atoms with van der Waals surface area (Å²) in [7, 11) is 0. The minimum Gasteiger partial charge on any atom is -0.295 e. The first-order valence-corrected chi connectivity index (χ1v) is 2.92. The van der Waals surface area contributed by atoms with Crippen molar-refractivity contribution in [3.8, 4) is 0 Å². The number of allylic oxidation sites excluding steroid dienone is 4. The van der Waals surface area contributed by atoms with Crippen LogP contribution in [0.4, 0.5) is 0 Å². The molecule has 0 heterocycles. The standard InChI is InChI=1S/C8H12N2/c1-3-5-6-7-8-10(9)4-2/h3-8H,1-2,9H2/b6-5-,8-7-. The Kier molecular flexibility index (Phi) is 5.10. The summed E-state index contributed by atoms with van der Waals surface area (Å²) in [5, 5.41) is 1.37. The van der Waals surface area contributed by atoms with Gasteiger partial charge in [0.15, 0.2) is 0 Å². The molecule has 0 unspecified atom stereocenters. The maximum Gasteiger partial charge on any atom is 0.0206 e. The van der Waals surface area contributed by atoms with Crippen LogP contribution in [0.5, 0.6) is 0 Å². The van der Waals surface area contributed by atoms with E-state index in [1.165, 1.54) is 11.2 Å². The number of hydrazine groups is 1. The van der Waals surface area contributed by atoms with Gasteiger partial charge < -0.3 is 0 Å². The summed E-state index contributed by atoms with van der Waals surface area (Å²) < 4.78 is 0. The number of hydrogen-bond donors (Lipinski definition) is 1. The van der Waals surface area contributed by atoms with Gasteiger partial charge in [-0.3, -0.25) is 5.01 Å². The Morgan fingerprint density at radius 1 is 1.10 bits per heavy atom. The Morgan fingerprint density at radius 2 is 1.80 bits per heavy atom. The highest BCUT2D eigenvalue weighted by atomic mass is 15.4. The summed E-state index contributed by atoms with van der Waals surface area (Å²) in [6.45, 7) is 6.98. The molecule has 0 rings (SSSR count). The van der Waals surface area contributed by atoms with Gasteiger partial charge in [-0.2, -0.15) is 0 Å². The van der Waals surface area contributed by atoms with Gasteiger partial charge in [-0.1, -0.05) is 31.4 Å². The van der Waals surface area contributed by atoms with Gasteiger partial charge in [-0.25, -0.2) is 5.84 Å². The monoisotopic (exact) mass is 136 g/mol. The summed E-state index contributed by atoms with van der Waals surface area (Å²) in [5.41, 5.74) is 0. The van der Waals surface area contributed by atoms with Crippen LogP contribution >= 0.6 is 0 Å². The first-order chi connectivity index (χ1) is 4.81. The molecule has 0 aromatic rings. The summed E-state index contributed by atoms with van der Waals surface area (Å²) in [6, 6.07) is 0. The van der Waals surface area contributed by atoms with Crippen LogP contribution in [0.15, 0.2) is 49.9 Å². The Morgan fingerprint density at radius 3 is 2.30 bits per heavy atom. The van der Waals surface area contributed by atoms with E-state index in [4.69, 9.17) is 5.84 Å². The van der Waals surface area contributed by atoms with Crippen LogP contribution in [-0.2, 0) is 0 Å². The molecule has 0 spiro atoms. The molecule has 0 radical (unpaired) electrons. The lowest BCUT2D eigenvalue weighted by Crippen LogP contribution is -2.16. The minimum atomic E-state index is 1.37. The molecular formula is C8H12N2. The van der Waals surface area contributed by atoms with E-state index < -0.39 is 0 Å². The van der Waals surface area contributed by atoms with Crippen molar-refractivity contribution in [1.29, 1.82) is 0 Å². The molecule has 0 fully saturated rings. The van der Waals surface area contributed by atoms with E-state index in [1.54, 1.807) is 18.4 Å². The fourth-order valence-electron chi connectivity index (χ4n) is 0.353. The van der Waals surface area contributed by atoms with Crippen molar-refractivity contribution in [2.45, 2.75) is 0 Å². The Bertz CT molecular complexity index is 157. The molecule has 0 saturated heterocycles. The van der Waals surface area contributed by atoms with Crippen molar-refractivity contribution in [3.05, 3.63) is 49.9 Å². The lowest BCUT2D eigenvalue weighted by molar-refractivity contribution is 0.542. The maximum absolute atomic E-state index is 5.32. The zero-order chi connectivity index (χ0) is 7.82. The second kappa shape index (κ2) is 5.85. The summed E-state index contributed by atoms with van der Waals surface area (Å²) in [4.78, 5) is 0. The zero-order valence-corrected chi connectivity index (χ0v) is 5.90. The molecule has 0 atom stereocenters. The van der Waals surface area contributed by atoms with E-state index in [2.05, 4.69) is 13.2 Å². The molecule has 0 saturated carbocycles. The lowest BCUT2D eigenvalue weighted by atomic mass is 10.5. The van der Waals surface area contributed by atoms with Crippen LogP contribution in [0.1, 0.15) is 0 Å². The van der Waals surface area contributed by atoms with Crippen LogP contribution in [0, 0.1) is 0 Å². The van der Waals surface area contributed by atoms with E-state index in [1.807, 2.05) is 12.2 Å². The molecule has 0 aliphatic carbocycles. The van der Waals surface area contributed by atoms with Gasteiger partial charge in [0.1, 0.15) is 0 Å². The molecule has 54 valence electrons. The Hall–Kier alpha value is -1.28. The predicted molar refractivity (Wildman–Crippen MR) is 44.7 cm³/mol. The molecule has 0 aliphatic rings. The second-order valence-corrected chi connectivity index (χ2v) is 1.59. The molecule has 0 aliphatic heterocycles. The van der Waals surface area contributed by atoms with Gasteiger partial charge in [0.25, 0.3) is 0 Å². The number of nitrogens with zero attached hydrogens (tertiary/aromatic N) is 1. The first kappa shape index (κ1) is 8.72. The maximum atomic E-state index is 5.32. The highest BCUT2D eigenvalue weighted by molar-refractivity contribution is 5.08. The number of rotatable bonds is 4. The van der Waals surface area contributed by atoms with Gasteiger partial charge in [0, 0.05) is 12.4 Å². The van der Waals surface area contributed by atoms with E-state index in [0.717, 1.165) is 0 Å². The lowest BCUT2D eigenvalue weighted by Gasteiger charge is -2.02. The van der Waals surface area contributed by atoms with E-state index >= 15 is 0 Å². The quantitative estimate of drug-likeness (QED) is 0.361.